The molecule has 1 atom stereocenters. The van der Waals surface area contributed by atoms with Crippen LogP contribution in [0.5, 0.6) is 0 Å². The van der Waals surface area contributed by atoms with Gasteiger partial charge in [0, 0.05) is 30.4 Å². The third kappa shape index (κ3) is 3.48. The first-order chi connectivity index (χ1) is 12.7. The summed E-state index contributed by atoms with van der Waals surface area (Å²) in [4.78, 5) is 14.9. The summed E-state index contributed by atoms with van der Waals surface area (Å²) in [6.45, 7) is 4.00. The van der Waals surface area contributed by atoms with E-state index in [0.717, 1.165) is 44.3 Å². The van der Waals surface area contributed by atoms with E-state index in [1.807, 2.05) is 6.07 Å². The van der Waals surface area contributed by atoms with Crippen molar-refractivity contribution in [2.75, 3.05) is 18.0 Å². The molecule has 0 spiro atoms. The number of hydrogen-bond donors (Lipinski definition) is 1. The van der Waals surface area contributed by atoms with Gasteiger partial charge in [-0.3, -0.25) is 4.79 Å². The topological polar surface area (TPSA) is 32.3 Å². The van der Waals surface area contributed by atoms with Crippen LogP contribution in [0.2, 0.25) is 0 Å². The molecule has 1 heterocycles. The number of fused-ring (bicyclic) bond motifs is 2. The highest BCUT2D eigenvalue weighted by molar-refractivity contribution is 5.94. The number of carbonyl (C=O) groups excluding carboxylic acids is 1. The molecule has 136 valence electrons. The van der Waals surface area contributed by atoms with Crippen LogP contribution < -0.4 is 10.2 Å². The zero-order chi connectivity index (χ0) is 17.9. The fourth-order valence-corrected chi connectivity index (χ4v) is 4.40. The lowest BCUT2D eigenvalue weighted by atomic mass is 9.90. The fraction of sp³-hybridized carbons (Fsp3) is 0.435. The molecule has 1 aliphatic carbocycles. The number of hydrogen-bond acceptors (Lipinski definition) is 2. The Bertz CT molecular complexity index is 799. The number of benzene rings is 2. The van der Waals surface area contributed by atoms with Crippen LogP contribution in [0.25, 0.3) is 0 Å². The van der Waals surface area contributed by atoms with Crippen molar-refractivity contribution < 1.29 is 4.79 Å². The normalized spacial score (nSPS) is 18.3. The van der Waals surface area contributed by atoms with Crippen LogP contribution in [-0.2, 0) is 19.3 Å². The lowest BCUT2D eigenvalue weighted by molar-refractivity contribution is 0.0953. The van der Waals surface area contributed by atoms with Crippen LogP contribution in [0, 0.1) is 0 Å². The summed E-state index contributed by atoms with van der Waals surface area (Å²) >= 11 is 0. The molecule has 2 aromatic rings. The summed E-state index contributed by atoms with van der Waals surface area (Å²) in [5.74, 6) is 0.0632. The second kappa shape index (κ2) is 7.53. The molecule has 1 aliphatic heterocycles. The Labute approximate surface area is 156 Å². The molecule has 0 saturated carbocycles. The van der Waals surface area contributed by atoms with Gasteiger partial charge in [0.25, 0.3) is 5.91 Å². The Hall–Kier alpha value is -2.29. The van der Waals surface area contributed by atoms with Crippen molar-refractivity contribution in [2.45, 2.75) is 51.5 Å². The molecule has 0 fully saturated rings. The number of nitrogens with one attached hydrogen (secondary N) is 1. The highest BCUT2D eigenvalue weighted by Gasteiger charge is 2.24. The van der Waals surface area contributed by atoms with Gasteiger partial charge >= 0.3 is 0 Å². The molecule has 0 saturated heterocycles. The lowest BCUT2D eigenvalue weighted by Crippen LogP contribution is -2.33. The Morgan fingerprint density at radius 2 is 1.88 bits per heavy atom. The first-order valence-electron chi connectivity index (χ1n) is 9.97. The number of nitrogens with zero attached hydrogens (tertiary/aromatic N) is 1. The summed E-state index contributed by atoms with van der Waals surface area (Å²) in [7, 11) is 0. The number of aryl methyl sites for hydroxylation is 2. The van der Waals surface area contributed by atoms with E-state index in [-0.39, 0.29) is 5.91 Å². The smallest absolute Gasteiger partial charge is 0.251 e. The van der Waals surface area contributed by atoms with Crippen LogP contribution in [0.15, 0.2) is 42.5 Å². The van der Waals surface area contributed by atoms with E-state index < -0.39 is 0 Å². The van der Waals surface area contributed by atoms with Crippen LogP contribution in [0.1, 0.15) is 53.2 Å². The van der Waals surface area contributed by atoms with E-state index in [4.69, 9.17) is 0 Å². The summed E-state index contributed by atoms with van der Waals surface area (Å²) in [5.41, 5.74) is 6.41. The number of para-hydroxylation sites is 1. The molecule has 0 bridgehead atoms. The Kier molecular flexibility index (Phi) is 4.96. The number of anilines is 1. The summed E-state index contributed by atoms with van der Waals surface area (Å²) < 4.78 is 0. The molecule has 26 heavy (non-hydrogen) atoms. The van der Waals surface area contributed by atoms with E-state index >= 15 is 0 Å². The average Bonchev–Trinajstić information content (AvgIpc) is 3.00. The van der Waals surface area contributed by atoms with E-state index in [1.165, 1.54) is 35.2 Å². The largest absolute Gasteiger partial charge is 0.368 e. The predicted octanol–water partition coefficient (Wildman–Crippen LogP) is 4.14. The minimum atomic E-state index is 0.0632. The third-order valence-corrected chi connectivity index (χ3v) is 5.82. The van der Waals surface area contributed by atoms with E-state index in [1.54, 1.807) is 0 Å². The van der Waals surface area contributed by atoms with Crippen molar-refractivity contribution in [1.29, 1.82) is 0 Å². The van der Waals surface area contributed by atoms with Gasteiger partial charge in [-0.05, 0) is 80.3 Å². The summed E-state index contributed by atoms with van der Waals surface area (Å²) in [6.07, 6.45) is 6.88. The molecule has 3 nitrogen and oxygen atoms in total. The van der Waals surface area contributed by atoms with E-state index in [0.29, 0.717) is 6.04 Å². The monoisotopic (exact) mass is 348 g/mol. The zero-order valence-corrected chi connectivity index (χ0v) is 15.6. The molecular weight excluding hydrogens is 320 g/mol. The average molecular weight is 348 g/mol. The maximum absolute atomic E-state index is 12.5. The maximum atomic E-state index is 12.5. The summed E-state index contributed by atoms with van der Waals surface area (Å²) in [6, 6.07) is 15.4. The van der Waals surface area contributed by atoms with Gasteiger partial charge in [-0.25, -0.2) is 0 Å². The summed E-state index contributed by atoms with van der Waals surface area (Å²) in [5, 5.41) is 3.10. The van der Waals surface area contributed by atoms with Crippen molar-refractivity contribution in [3.63, 3.8) is 0 Å². The molecule has 1 unspecified atom stereocenters. The predicted molar refractivity (Wildman–Crippen MR) is 107 cm³/mol. The maximum Gasteiger partial charge on any atom is 0.251 e. The van der Waals surface area contributed by atoms with Crippen LogP contribution >= 0.6 is 0 Å². The standard InChI is InChI=1S/C23H28N2O/c1-17-15-20-9-4-5-10-22(20)25(17)14-6-13-24-23(26)21-12-11-18-7-2-3-8-19(18)16-21/h4-5,9-12,16-17H,2-3,6-8,13-15H2,1H3,(H,24,26). The van der Waals surface area contributed by atoms with Crippen LogP contribution in [0.3, 0.4) is 0 Å². The van der Waals surface area contributed by atoms with Crippen molar-refractivity contribution in [1.82, 2.24) is 5.32 Å². The Morgan fingerprint density at radius 1 is 1.08 bits per heavy atom. The number of amides is 1. The Balaban J connectivity index is 1.29. The molecule has 3 heteroatoms. The SMILES string of the molecule is CC1Cc2ccccc2N1CCCNC(=O)c1ccc2c(c1)CCCC2. The van der Waals surface area contributed by atoms with Crippen molar-refractivity contribution in [3.05, 3.63) is 64.7 Å². The van der Waals surface area contributed by atoms with Gasteiger partial charge in [-0.15, -0.1) is 0 Å². The molecular formula is C23H28N2O. The number of rotatable bonds is 5. The quantitative estimate of drug-likeness (QED) is 0.824. The molecule has 0 radical (unpaired) electrons. The zero-order valence-electron chi connectivity index (χ0n) is 15.6. The molecule has 2 aromatic carbocycles. The lowest BCUT2D eigenvalue weighted by Gasteiger charge is -2.25. The second-order valence-electron chi connectivity index (χ2n) is 7.68. The molecule has 4 rings (SSSR count). The fourth-order valence-electron chi connectivity index (χ4n) is 4.40. The minimum absolute atomic E-state index is 0.0632. The van der Waals surface area contributed by atoms with Gasteiger partial charge in [0.2, 0.25) is 0 Å². The van der Waals surface area contributed by atoms with Crippen molar-refractivity contribution >= 4 is 11.6 Å². The van der Waals surface area contributed by atoms with Gasteiger partial charge in [0.1, 0.15) is 0 Å². The van der Waals surface area contributed by atoms with E-state index in [9.17, 15) is 4.79 Å². The van der Waals surface area contributed by atoms with Crippen LogP contribution in [0.4, 0.5) is 5.69 Å². The van der Waals surface area contributed by atoms with Crippen molar-refractivity contribution in [2.24, 2.45) is 0 Å². The molecule has 1 amide bonds. The van der Waals surface area contributed by atoms with Gasteiger partial charge in [-0.1, -0.05) is 24.3 Å². The highest BCUT2D eigenvalue weighted by atomic mass is 16.1. The van der Waals surface area contributed by atoms with Gasteiger partial charge in [0.05, 0.1) is 0 Å². The number of carbonyl (C=O) groups is 1. The second-order valence-corrected chi connectivity index (χ2v) is 7.68. The molecule has 0 aromatic heterocycles. The van der Waals surface area contributed by atoms with Crippen LogP contribution in [-0.4, -0.2) is 25.0 Å². The highest BCUT2D eigenvalue weighted by Crippen LogP contribution is 2.31. The van der Waals surface area contributed by atoms with E-state index in [2.05, 4.69) is 53.5 Å². The Morgan fingerprint density at radius 3 is 2.77 bits per heavy atom. The van der Waals surface area contributed by atoms with Gasteiger partial charge < -0.3 is 10.2 Å². The minimum Gasteiger partial charge on any atom is -0.368 e. The molecule has 1 N–H and O–H groups in total. The first kappa shape index (κ1) is 17.1. The van der Waals surface area contributed by atoms with Gasteiger partial charge in [-0.2, -0.15) is 0 Å². The third-order valence-electron chi connectivity index (χ3n) is 5.82. The van der Waals surface area contributed by atoms with Crippen molar-refractivity contribution in [3.8, 4) is 0 Å². The first-order valence-corrected chi connectivity index (χ1v) is 9.97. The van der Waals surface area contributed by atoms with Gasteiger partial charge in [0.15, 0.2) is 0 Å². The molecule has 2 aliphatic rings.